The molecule has 0 atom stereocenters. The van der Waals surface area contributed by atoms with Crippen LogP contribution in [0.4, 0.5) is 0 Å². The Morgan fingerprint density at radius 1 is 1.42 bits per heavy atom. The van der Waals surface area contributed by atoms with Gasteiger partial charge in [0.25, 0.3) is 0 Å². The number of hydrogen-bond donors (Lipinski definition) is 1. The fourth-order valence-corrected chi connectivity index (χ4v) is 3.22. The summed E-state index contributed by atoms with van der Waals surface area (Å²) in [6, 6.07) is 1.67. The van der Waals surface area contributed by atoms with Crippen molar-refractivity contribution in [3.8, 4) is 10.7 Å². The molecule has 0 bridgehead atoms. The van der Waals surface area contributed by atoms with Crippen molar-refractivity contribution in [1.82, 2.24) is 15.3 Å². The average Bonchev–Trinajstić information content (AvgIpc) is 2.73. The van der Waals surface area contributed by atoms with Crippen LogP contribution in [0.1, 0.15) is 10.6 Å². The van der Waals surface area contributed by atoms with Crippen molar-refractivity contribution in [2.75, 3.05) is 14.2 Å². The second-order valence-electron chi connectivity index (χ2n) is 3.84. The molecule has 0 amide bonds. The zero-order valence-corrected chi connectivity index (χ0v) is 12.9. The van der Waals surface area contributed by atoms with Crippen LogP contribution in [0, 0.1) is 0 Å². The number of nitrogens with one attached hydrogen (secondary N) is 1. The lowest BCUT2D eigenvalue weighted by atomic mass is 10.3. The molecule has 2 aromatic rings. The third kappa shape index (κ3) is 3.43. The van der Waals surface area contributed by atoms with Crippen LogP contribution in [0.3, 0.4) is 0 Å². The predicted octanol–water partition coefficient (Wildman–Crippen LogP) is 3.38. The number of hydrogen-bond acceptors (Lipinski definition) is 5. The molecule has 0 radical (unpaired) electrons. The normalized spacial score (nSPS) is 10.9. The van der Waals surface area contributed by atoms with Crippen molar-refractivity contribution < 1.29 is 4.74 Å². The maximum absolute atomic E-state index is 6.15. The van der Waals surface area contributed by atoms with Gasteiger partial charge in [-0.25, -0.2) is 4.98 Å². The van der Waals surface area contributed by atoms with E-state index in [9.17, 15) is 0 Å². The molecule has 4 nitrogen and oxygen atoms in total. The van der Waals surface area contributed by atoms with Gasteiger partial charge in [-0.15, -0.1) is 11.3 Å². The van der Waals surface area contributed by atoms with Gasteiger partial charge in [0.1, 0.15) is 10.7 Å². The van der Waals surface area contributed by atoms with Gasteiger partial charge in [0.15, 0.2) is 0 Å². The van der Waals surface area contributed by atoms with Crippen LogP contribution in [-0.2, 0) is 17.9 Å². The van der Waals surface area contributed by atoms with Crippen molar-refractivity contribution in [1.29, 1.82) is 0 Å². The first-order chi connectivity index (χ1) is 9.15. The summed E-state index contributed by atoms with van der Waals surface area (Å²) < 4.78 is 5.16. The van der Waals surface area contributed by atoms with Crippen LogP contribution in [0.15, 0.2) is 12.3 Å². The van der Waals surface area contributed by atoms with Gasteiger partial charge in [0, 0.05) is 24.7 Å². The van der Waals surface area contributed by atoms with Crippen LogP contribution in [-0.4, -0.2) is 24.1 Å². The first-order valence-corrected chi connectivity index (χ1v) is 7.16. The highest BCUT2D eigenvalue weighted by Gasteiger charge is 2.15. The number of thiazole rings is 1. The van der Waals surface area contributed by atoms with E-state index in [2.05, 4.69) is 15.3 Å². The summed E-state index contributed by atoms with van der Waals surface area (Å²) in [6.07, 6.45) is 1.57. The Hall–Kier alpha value is -0.720. The van der Waals surface area contributed by atoms with Crippen molar-refractivity contribution in [3.05, 3.63) is 32.9 Å². The van der Waals surface area contributed by atoms with E-state index in [1.807, 2.05) is 7.05 Å². The molecule has 0 fully saturated rings. The Morgan fingerprint density at radius 3 is 2.84 bits per heavy atom. The van der Waals surface area contributed by atoms with Crippen LogP contribution in [0.5, 0.6) is 0 Å². The summed E-state index contributed by atoms with van der Waals surface area (Å²) in [5.74, 6) is 0. The Kier molecular flexibility index (Phi) is 5.13. The second-order valence-corrected chi connectivity index (χ2v) is 5.76. The minimum Gasteiger partial charge on any atom is -0.378 e. The first-order valence-electron chi connectivity index (χ1n) is 5.59. The number of halogens is 2. The molecule has 1 N–H and O–H groups in total. The third-order valence-electron chi connectivity index (χ3n) is 2.41. The molecular weight excluding hydrogens is 305 g/mol. The molecule has 7 heteroatoms. The van der Waals surface area contributed by atoms with Gasteiger partial charge >= 0.3 is 0 Å². The summed E-state index contributed by atoms with van der Waals surface area (Å²) in [5.41, 5.74) is 1.56. The molecule has 0 aromatic carbocycles. The summed E-state index contributed by atoms with van der Waals surface area (Å²) >= 11 is 13.6. The number of ether oxygens (including phenoxy) is 1. The maximum Gasteiger partial charge on any atom is 0.144 e. The highest BCUT2D eigenvalue weighted by molar-refractivity contribution is 7.15. The van der Waals surface area contributed by atoms with Gasteiger partial charge in [-0.3, -0.25) is 4.98 Å². The molecule has 2 heterocycles. The molecule has 0 saturated heterocycles. The van der Waals surface area contributed by atoms with Crippen molar-refractivity contribution in [2.24, 2.45) is 0 Å². The lowest BCUT2D eigenvalue weighted by Gasteiger charge is -1.99. The SMILES string of the molecule is CNCc1sc(-c2ncc(Cl)cc2Cl)nc1COC. The average molecular weight is 318 g/mol. The third-order valence-corrected chi connectivity index (χ3v) is 4.01. The quantitative estimate of drug-likeness (QED) is 0.918. The Morgan fingerprint density at radius 2 is 2.21 bits per heavy atom. The van der Waals surface area contributed by atoms with Crippen molar-refractivity contribution >= 4 is 34.5 Å². The maximum atomic E-state index is 6.15. The minimum absolute atomic E-state index is 0.471. The van der Waals surface area contributed by atoms with E-state index in [1.54, 1.807) is 30.7 Å². The zero-order valence-electron chi connectivity index (χ0n) is 10.5. The molecule has 0 aliphatic heterocycles. The number of nitrogens with zero attached hydrogens (tertiary/aromatic N) is 2. The van der Waals surface area contributed by atoms with E-state index in [-0.39, 0.29) is 0 Å². The van der Waals surface area contributed by atoms with E-state index < -0.39 is 0 Å². The van der Waals surface area contributed by atoms with Crippen LogP contribution >= 0.6 is 34.5 Å². The van der Waals surface area contributed by atoms with Gasteiger partial charge in [0.05, 0.1) is 22.3 Å². The van der Waals surface area contributed by atoms with Crippen LogP contribution < -0.4 is 5.32 Å². The summed E-state index contributed by atoms with van der Waals surface area (Å²) in [4.78, 5) is 9.91. The van der Waals surface area contributed by atoms with Crippen LogP contribution in [0.2, 0.25) is 10.0 Å². The zero-order chi connectivity index (χ0) is 13.8. The number of aromatic nitrogens is 2. The van der Waals surface area contributed by atoms with Crippen molar-refractivity contribution in [3.63, 3.8) is 0 Å². The number of rotatable bonds is 5. The molecule has 19 heavy (non-hydrogen) atoms. The number of methoxy groups -OCH3 is 1. The highest BCUT2D eigenvalue weighted by atomic mass is 35.5. The summed E-state index contributed by atoms with van der Waals surface area (Å²) in [7, 11) is 3.54. The predicted molar refractivity (Wildman–Crippen MR) is 78.8 cm³/mol. The van der Waals surface area contributed by atoms with E-state index in [0.29, 0.717) is 22.3 Å². The second kappa shape index (κ2) is 6.63. The topological polar surface area (TPSA) is 47.0 Å². The monoisotopic (exact) mass is 317 g/mol. The van der Waals surface area contributed by atoms with Gasteiger partial charge in [0.2, 0.25) is 0 Å². The molecule has 0 spiro atoms. The standard InChI is InChI=1S/C12H13Cl2N3OS/c1-15-5-10-9(6-18-2)17-12(19-10)11-8(14)3-7(13)4-16-11/h3-4,15H,5-6H2,1-2H3. The molecule has 0 unspecified atom stereocenters. The molecule has 0 aliphatic rings. The lowest BCUT2D eigenvalue weighted by Crippen LogP contribution is -2.06. The fraction of sp³-hybridized carbons (Fsp3) is 0.333. The van der Waals surface area contributed by atoms with Gasteiger partial charge in [-0.05, 0) is 13.1 Å². The first kappa shape index (κ1) is 14.7. The minimum atomic E-state index is 0.471. The van der Waals surface area contributed by atoms with Gasteiger partial charge < -0.3 is 10.1 Å². The molecule has 2 aromatic heterocycles. The van der Waals surface area contributed by atoms with E-state index in [4.69, 9.17) is 27.9 Å². The molecule has 0 saturated carbocycles. The molecule has 2 rings (SSSR count). The fourth-order valence-electron chi connectivity index (χ4n) is 1.60. The molecular formula is C12H13Cl2N3OS. The molecule has 102 valence electrons. The van der Waals surface area contributed by atoms with Crippen LogP contribution in [0.25, 0.3) is 10.7 Å². The Balaban J connectivity index is 2.41. The molecule has 0 aliphatic carbocycles. The van der Waals surface area contributed by atoms with Crippen molar-refractivity contribution in [2.45, 2.75) is 13.2 Å². The van der Waals surface area contributed by atoms with E-state index in [1.165, 1.54) is 0 Å². The van der Waals surface area contributed by atoms with Gasteiger partial charge in [-0.1, -0.05) is 23.2 Å². The summed E-state index contributed by atoms with van der Waals surface area (Å²) in [6.45, 7) is 1.21. The Bertz CT molecular complexity index is 551. The van der Waals surface area contributed by atoms with Gasteiger partial charge in [-0.2, -0.15) is 0 Å². The number of pyridine rings is 1. The summed E-state index contributed by atoms with van der Waals surface area (Å²) in [5, 5.41) is 4.90. The van der Waals surface area contributed by atoms with E-state index in [0.717, 1.165) is 22.1 Å². The van der Waals surface area contributed by atoms with E-state index >= 15 is 0 Å². The highest BCUT2D eigenvalue weighted by Crippen LogP contribution is 2.32. The largest absolute Gasteiger partial charge is 0.378 e. The smallest absolute Gasteiger partial charge is 0.144 e. The Labute approximate surface area is 125 Å². The lowest BCUT2D eigenvalue weighted by molar-refractivity contribution is 0.181.